The average molecular weight is 486 g/mol. The Balaban J connectivity index is 1.79. The molecule has 0 saturated carbocycles. The van der Waals surface area contributed by atoms with Gasteiger partial charge in [-0.1, -0.05) is 24.3 Å². The number of nitrogens with zero attached hydrogens (tertiary/aromatic N) is 2. The normalized spacial score (nSPS) is 15.8. The quantitative estimate of drug-likeness (QED) is 0.543. The fraction of sp³-hybridized carbons (Fsp3) is 0.217. The van der Waals surface area contributed by atoms with Gasteiger partial charge in [-0.15, -0.1) is 11.3 Å². The van der Waals surface area contributed by atoms with Gasteiger partial charge in [0.1, 0.15) is 11.5 Å². The van der Waals surface area contributed by atoms with Crippen molar-refractivity contribution in [3.8, 4) is 11.5 Å². The van der Waals surface area contributed by atoms with Crippen LogP contribution in [0.4, 0.5) is 5.69 Å². The predicted molar refractivity (Wildman–Crippen MR) is 129 cm³/mol. The Labute approximate surface area is 196 Å². The van der Waals surface area contributed by atoms with Gasteiger partial charge in [-0.3, -0.25) is 9.52 Å². The molecule has 2 aromatic carbocycles. The highest BCUT2D eigenvalue weighted by Gasteiger charge is 2.37. The summed E-state index contributed by atoms with van der Waals surface area (Å²) in [5.74, 6) is 0.947. The number of sulfonamides is 1. The lowest BCUT2D eigenvalue weighted by Gasteiger charge is -2.24. The Morgan fingerprint density at radius 2 is 1.79 bits per heavy atom. The molecule has 0 radical (unpaired) electrons. The van der Waals surface area contributed by atoms with Crippen molar-refractivity contribution in [3.63, 3.8) is 0 Å². The Morgan fingerprint density at radius 1 is 1.09 bits per heavy atom. The minimum absolute atomic E-state index is 0.233. The SMILES string of the molecule is COc1cccc(OC)c1[C@H]1CC(c2cccc(NS(C)(=O)=O)c2)=NN1C(=O)c1cccs1. The van der Waals surface area contributed by atoms with E-state index < -0.39 is 16.1 Å². The van der Waals surface area contributed by atoms with Crippen LogP contribution in [0.3, 0.4) is 0 Å². The van der Waals surface area contributed by atoms with Crippen molar-refractivity contribution in [1.29, 1.82) is 0 Å². The minimum Gasteiger partial charge on any atom is -0.496 e. The number of nitrogens with one attached hydrogen (secondary N) is 1. The number of carbonyl (C=O) groups is 1. The van der Waals surface area contributed by atoms with Crippen molar-refractivity contribution in [2.24, 2.45) is 5.10 Å². The second kappa shape index (κ2) is 9.24. The summed E-state index contributed by atoms with van der Waals surface area (Å²) in [6.07, 6.45) is 1.49. The molecule has 172 valence electrons. The highest BCUT2D eigenvalue weighted by molar-refractivity contribution is 7.92. The summed E-state index contributed by atoms with van der Waals surface area (Å²) in [5.41, 5.74) is 2.50. The van der Waals surface area contributed by atoms with Crippen LogP contribution in [0.2, 0.25) is 0 Å². The van der Waals surface area contributed by atoms with Gasteiger partial charge in [0.2, 0.25) is 10.0 Å². The third-order valence-electron chi connectivity index (χ3n) is 5.15. The van der Waals surface area contributed by atoms with Gasteiger partial charge in [0.25, 0.3) is 5.91 Å². The highest BCUT2D eigenvalue weighted by Crippen LogP contribution is 2.43. The molecule has 2 heterocycles. The van der Waals surface area contributed by atoms with E-state index in [0.717, 1.165) is 11.8 Å². The summed E-state index contributed by atoms with van der Waals surface area (Å²) in [6.45, 7) is 0. The van der Waals surface area contributed by atoms with Gasteiger partial charge in [-0.25, -0.2) is 13.4 Å². The molecule has 0 unspecified atom stereocenters. The van der Waals surface area contributed by atoms with Gasteiger partial charge in [0.15, 0.2) is 0 Å². The molecule has 1 aliphatic heterocycles. The molecule has 10 heteroatoms. The Morgan fingerprint density at radius 3 is 2.39 bits per heavy atom. The van der Waals surface area contributed by atoms with Crippen molar-refractivity contribution in [2.75, 3.05) is 25.2 Å². The van der Waals surface area contributed by atoms with Gasteiger partial charge in [-0.05, 0) is 41.3 Å². The van der Waals surface area contributed by atoms with Crippen molar-refractivity contribution in [2.45, 2.75) is 12.5 Å². The minimum atomic E-state index is -3.43. The van der Waals surface area contributed by atoms with Crippen LogP contribution in [0, 0.1) is 0 Å². The monoisotopic (exact) mass is 485 g/mol. The molecule has 0 fully saturated rings. The van der Waals surface area contributed by atoms with Gasteiger partial charge in [0, 0.05) is 12.1 Å². The third-order valence-corrected chi connectivity index (χ3v) is 6.61. The van der Waals surface area contributed by atoms with Gasteiger partial charge in [-0.2, -0.15) is 5.10 Å². The molecular weight excluding hydrogens is 462 g/mol. The lowest BCUT2D eigenvalue weighted by molar-refractivity contribution is 0.0712. The zero-order chi connectivity index (χ0) is 23.6. The van der Waals surface area contributed by atoms with Crippen LogP contribution in [0.5, 0.6) is 11.5 Å². The summed E-state index contributed by atoms with van der Waals surface area (Å²) < 4.78 is 37.0. The number of rotatable bonds is 7. The van der Waals surface area contributed by atoms with E-state index in [2.05, 4.69) is 9.82 Å². The molecular formula is C23H23N3O5S2. The largest absolute Gasteiger partial charge is 0.496 e. The van der Waals surface area contributed by atoms with Crippen LogP contribution < -0.4 is 14.2 Å². The fourth-order valence-corrected chi connectivity index (χ4v) is 5.01. The van der Waals surface area contributed by atoms with Crippen LogP contribution in [-0.2, 0) is 10.0 Å². The second-order valence-corrected chi connectivity index (χ2v) is 10.1. The van der Waals surface area contributed by atoms with E-state index in [9.17, 15) is 13.2 Å². The first-order valence-electron chi connectivity index (χ1n) is 10.0. The second-order valence-electron chi connectivity index (χ2n) is 7.42. The van der Waals surface area contributed by atoms with E-state index in [1.807, 2.05) is 35.7 Å². The molecule has 1 N–H and O–H groups in total. The van der Waals surface area contributed by atoms with E-state index in [-0.39, 0.29) is 5.91 Å². The molecule has 1 aromatic heterocycles. The highest BCUT2D eigenvalue weighted by atomic mass is 32.2. The van der Waals surface area contributed by atoms with E-state index >= 15 is 0 Å². The van der Waals surface area contributed by atoms with Crippen LogP contribution in [0.1, 0.15) is 33.3 Å². The summed E-state index contributed by atoms with van der Waals surface area (Å²) in [4.78, 5) is 13.9. The van der Waals surface area contributed by atoms with Gasteiger partial charge >= 0.3 is 0 Å². The maximum atomic E-state index is 13.4. The number of ether oxygens (including phenoxy) is 2. The number of amides is 1. The Kier molecular flexibility index (Phi) is 6.39. The molecule has 1 amide bonds. The van der Waals surface area contributed by atoms with Crippen LogP contribution in [0.15, 0.2) is 65.1 Å². The standard InChI is InChI=1S/C23H23N3O5S2/c1-30-19-9-5-10-20(31-2)22(19)18-14-17(24-26(18)23(27)21-11-6-12-32-21)15-7-4-8-16(13-15)25-33(3,28)29/h4-13,18,25H,14H2,1-3H3/t18-/m1/s1. The maximum Gasteiger partial charge on any atom is 0.284 e. The zero-order valence-corrected chi connectivity index (χ0v) is 19.9. The average Bonchev–Trinajstić information content (AvgIpc) is 3.47. The first-order valence-corrected chi connectivity index (χ1v) is 12.8. The lowest BCUT2D eigenvalue weighted by Crippen LogP contribution is -2.27. The summed E-state index contributed by atoms with van der Waals surface area (Å²) >= 11 is 1.34. The summed E-state index contributed by atoms with van der Waals surface area (Å²) in [6, 6.07) is 15.5. The Bertz CT molecular complexity index is 1280. The number of hydrogen-bond acceptors (Lipinski definition) is 7. The molecule has 4 rings (SSSR count). The molecule has 3 aromatic rings. The number of hydrogen-bond donors (Lipinski definition) is 1. The first kappa shape index (κ1) is 22.8. The van der Waals surface area contributed by atoms with Crippen LogP contribution in [-0.4, -0.2) is 45.5 Å². The number of benzene rings is 2. The number of carbonyl (C=O) groups excluding carboxylic acids is 1. The van der Waals surface area contributed by atoms with Crippen LogP contribution >= 0.6 is 11.3 Å². The molecule has 1 aliphatic rings. The van der Waals surface area contributed by atoms with Crippen molar-refractivity contribution in [1.82, 2.24) is 5.01 Å². The topological polar surface area (TPSA) is 97.3 Å². The number of hydrazone groups is 1. The van der Waals surface area contributed by atoms with Gasteiger partial charge < -0.3 is 9.47 Å². The maximum absolute atomic E-state index is 13.4. The van der Waals surface area contributed by atoms with E-state index in [0.29, 0.717) is 39.8 Å². The number of anilines is 1. The van der Waals surface area contributed by atoms with Crippen molar-refractivity contribution in [3.05, 3.63) is 76.0 Å². The summed E-state index contributed by atoms with van der Waals surface area (Å²) in [5, 5.41) is 7.98. The number of thiophene rings is 1. The molecule has 0 saturated heterocycles. The molecule has 0 aliphatic carbocycles. The smallest absolute Gasteiger partial charge is 0.284 e. The molecule has 8 nitrogen and oxygen atoms in total. The molecule has 1 atom stereocenters. The first-order chi connectivity index (χ1) is 15.8. The van der Waals surface area contributed by atoms with Crippen molar-refractivity contribution < 1.29 is 22.7 Å². The van der Waals surface area contributed by atoms with Gasteiger partial charge in [0.05, 0.1) is 42.7 Å². The zero-order valence-electron chi connectivity index (χ0n) is 18.3. The van der Waals surface area contributed by atoms with E-state index in [1.165, 1.54) is 16.3 Å². The van der Waals surface area contributed by atoms with Crippen LogP contribution in [0.25, 0.3) is 0 Å². The lowest BCUT2D eigenvalue weighted by atomic mass is 9.96. The number of methoxy groups -OCH3 is 2. The van der Waals surface area contributed by atoms with E-state index in [4.69, 9.17) is 9.47 Å². The fourth-order valence-electron chi connectivity index (χ4n) is 3.79. The van der Waals surface area contributed by atoms with E-state index in [1.54, 1.807) is 38.5 Å². The molecule has 0 spiro atoms. The molecule has 0 bridgehead atoms. The molecule has 33 heavy (non-hydrogen) atoms. The third kappa shape index (κ3) is 4.86. The predicted octanol–water partition coefficient (Wildman–Crippen LogP) is 4.13. The summed E-state index contributed by atoms with van der Waals surface area (Å²) in [7, 11) is -0.289. The van der Waals surface area contributed by atoms with Crippen molar-refractivity contribution >= 4 is 38.7 Å². The Hall–Kier alpha value is -3.37.